The van der Waals surface area contributed by atoms with Crippen LogP contribution in [0.2, 0.25) is 0 Å². The number of esters is 1. The molecule has 0 saturated carbocycles. The number of ether oxygens (including phenoxy) is 3. The van der Waals surface area contributed by atoms with Crippen LogP contribution in [-0.2, 0) is 9.53 Å². The zero-order chi connectivity index (χ0) is 17.2. The summed E-state index contributed by atoms with van der Waals surface area (Å²) in [4.78, 5) is 16.3. The van der Waals surface area contributed by atoms with Gasteiger partial charge in [0.15, 0.2) is 17.2 Å². The fraction of sp³-hybridized carbons (Fsp3) is 0.412. The van der Waals surface area contributed by atoms with E-state index in [2.05, 4.69) is 20.9 Å². The Morgan fingerprint density at radius 3 is 2.57 bits per heavy atom. The lowest BCUT2D eigenvalue weighted by molar-refractivity contribution is -0.130. The van der Waals surface area contributed by atoms with Crippen molar-refractivity contribution in [3.63, 3.8) is 0 Å². The van der Waals surface area contributed by atoms with Crippen molar-refractivity contribution in [1.29, 1.82) is 0 Å². The number of carbonyl (C=O) groups is 1. The average molecular weight is 382 g/mol. The first-order valence-electron chi connectivity index (χ1n) is 7.29. The smallest absolute Gasteiger partial charge is 0.363 e. The van der Waals surface area contributed by atoms with E-state index >= 15 is 0 Å². The van der Waals surface area contributed by atoms with Crippen molar-refractivity contribution in [2.75, 3.05) is 13.7 Å². The molecule has 1 aromatic rings. The minimum atomic E-state index is -0.445. The lowest BCUT2D eigenvalue weighted by Crippen LogP contribution is -2.21. The van der Waals surface area contributed by atoms with E-state index in [0.717, 1.165) is 10.0 Å². The number of methoxy groups -OCH3 is 1. The van der Waals surface area contributed by atoms with Crippen LogP contribution in [-0.4, -0.2) is 25.6 Å². The number of cyclic esters (lactones) is 1. The van der Waals surface area contributed by atoms with Crippen LogP contribution < -0.4 is 9.47 Å². The first kappa shape index (κ1) is 17.5. The Kier molecular flexibility index (Phi) is 5.14. The van der Waals surface area contributed by atoms with Gasteiger partial charge >= 0.3 is 5.97 Å². The second kappa shape index (κ2) is 6.74. The molecule has 0 spiro atoms. The van der Waals surface area contributed by atoms with E-state index in [4.69, 9.17) is 14.2 Å². The third-order valence-corrected chi connectivity index (χ3v) is 3.69. The van der Waals surface area contributed by atoms with E-state index in [0.29, 0.717) is 24.0 Å². The Morgan fingerprint density at radius 1 is 1.35 bits per heavy atom. The monoisotopic (exact) mass is 381 g/mol. The van der Waals surface area contributed by atoms with Crippen LogP contribution >= 0.6 is 15.9 Å². The van der Waals surface area contributed by atoms with Gasteiger partial charge in [-0.2, -0.15) is 0 Å². The molecule has 6 heteroatoms. The molecule has 1 aromatic carbocycles. The third kappa shape index (κ3) is 3.93. The summed E-state index contributed by atoms with van der Waals surface area (Å²) in [5.41, 5.74) is 0.726. The highest BCUT2D eigenvalue weighted by molar-refractivity contribution is 9.10. The van der Waals surface area contributed by atoms with Crippen LogP contribution in [0.3, 0.4) is 0 Å². The minimum absolute atomic E-state index is 0.273. The summed E-state index contributed by atoms with van der Waals surface area (Å²) >= 11 is 3.45. The molecule has 1 aliphatic heterocycles. The minimum Gasteiger partial charge on any atom is -0.492 e. The van der Waals surface area contributed by atoms with Crippen molar-refractivity contribution in [3.05, 3.63) is 27.9 Å². The van der Waals surface area contributed by atoms with Crippen molar-refractivity contribution in [2.24, 2.45) is 10.4 Å². The zero-order valence-corrected chi connectivity index (χ0v) is 15.5. The van der Waals surface area contributed by atoms with Crippen LogP contribution in [0.1, 0.15) is 33.3 Å². The molecule has 0 aliphatic carbocycles. The number of benzene rings is 1. The highest BCUT2D eigenvalue weighted by atomic mass is 79.9. The Bertz CT molecular complexity index is 687. The van der Waals surface area contributed by atoms with Gasteiger partial charge in [0.25, 0.3) is 0 Å². The summed E-state index contributed by atoms with van der Waals surface area (Å²) in [7, 11) is 1.58. The normalized spacial score (nSPS) is 16.3. The van der Waals surface area contributed by atoms with Gasteiger partial charge in [-0.05, 0) is 46.6 Å². The molecule has 0 aromatic heterocycles. The predicted molar refractivity (Wildman–Crippen MR) is 92.8 cm³/mol. The van der Waals surface area contributed by atoms with E-state index in [1.165, 1.54) is 0 Å². The lowest BCUT2D eigenvalue weighted by Gasteiger charge is -2.15. The van der Waals surface area contributed by atoms with E-state index in [9.17, 15) is 4.79 Å². The molecule has 0 saturated heterocycles. The number of hydrogen-bond acceptors (Lipinski definition) is 5. The largest absolute Gasteiger partial charge is 0.492 e. The van der Waals surface area contributed by atoms with Crippen molar-refractivity contribution < 1.29 is 19.0 Å². The van der Waals surface area contributed by atoms with E-state index in [1.807, 2.05) is 33.8 Å². The molecule has 0 atom stereocenters. The number of halogens is 1. The molecule has 1 heterocycles. The molecule has 23 heavy (non-hydrogen) atoms. The van der Waals surface area contributed by atoms with Gasteiger partial charge < -0.3 is 14.2 Å². The van der Waals surface area contributed by atoms with Gasteiger partial charge in [0.05, 0.1) is 18.2 Å². The maximum Gasteiger partial charge on any atom is 0.363 e. The molecule has 5 nitrogen and oxygen atoms in total. The van der Waals surface area contributed by atoms with Gasteiger partial charge in [-0.25, -0.2) is 9.79 Å². The molecule has 0 bridgehead atoms. The number of rotatable bonds is 4. The Morgan fingerprint density at radius 2 is 2.04 bits per heavy atom. The second-order valence-corrected chi connectivity index (χ2v) is 6.91. The number of aliphatic imine (C=N–C) groups is 1. The SMILES string of the molecule is CCOc1cc(/C=C2\N=C(C(C)(C)C)OC2=O)cc(Br)c1OC. The summed E-state index contributed by atoms with van der Waals surface area (Å²) in [6.45, 7) is 8.24. The van der Waals surface area contributed by atoms with Crippen LogP contribution in [0, 0.1) is 5.41 Å². The topological polar surface area (TPSA) is 57.1 Å². The molecule has 0 amide bonds. The van der Waals surface area contributed by atoms with Gasteiger partial charge in [0, 0.05) is 5.41 Å². The standard InChI is InChI=1S/C17H20BrNO4/c1-6-22-13-9-10(7-11(18)14(13)21-5)8-12-15(20)23-16(19-12)17(2,3)4/h7-9H,6H2,1-5H3/b12-8-. The number of nitrogens with zero attached hydrogens (tertiary/aromatic N) is 1. The molecular formula is C17H20BrNO4. The molecule has 2 rings (SSSR count). The van der Waals surface area contributed by atoms with Crippen LogP contribution in [0.4, 0.5) is 0 Å². The quantitative estimate of drug-likeness (QED) is 0.579. The van der Waals surface area contributed by atoms with Gasteiger partial charge in [-0.1, -0.05) is 20.8 Å². The maximum atomic E-state index is 12.0. The summed E-state index contributed by atoms with van der Waals surface area (Å²) in [6, 6.07) is 3.64. The zero-order valence-electron chi connectivity index (χ0n) is 13.9. The molecule has 124 valence electrons. The molecule has 0 fully saturated rings. The van der Waals surface area contributed by atoms with E-state index in [-0.39, 0.29) is 11.1 Å². The summed E-state index contributed by atoms with van der Waals surface area (Å²) < 4.78 is 16.9. The van der Waals surface area contributed by atoms with Gasteiger partial charge in [0.2, 0.25) is 5.90 Å². The average Bonchev–Trinajstić information content (AvgIpc) is 2.80. The molecular weight excluding hydrogens is 362 g/mol. The van der Waals surface area contributed by atoms with E-state index < -0.39 is 5.97 Å². The fourth-order valence-electron chi connectivity index (χ4n) is 2.02. The van der Waals surface area contributed by atoms with Gasteiger partial charge in [0.1, 0.15) is 0 Å². The summed E-state index contributed by atoms with van der Waals surface area (Å²) in [5.74, 6) is 1.19. The van der Waals surface area contributed by atoms with E-state index in [1.54, 1.807) is 19.3 Å². The first-order chi connectivity index (χ1) is 10.8. The Balaban J connectivity index is 2.43. The highest BCUT2D eigenvalue weighted by Gasteiger charge is 2.31. The van der Waals surface area contributed by atoms with Crippen LogP contribution in [0.5, 0.6) is 11.5 Å². The fourth-order valence-corrected chi connectivity index (χ4v) is 2.64. The third-order valence-electron chi connectivity index (χ3n) is 3.10. The van der Waals surface area contributed by atoms with Crippen LogP contribution in [0.25, 0.3) is 6.08 Å². The molecule has 0 unspecified atom stereocenters. The molecule has 0 radical (unpaired) electrons. The van der Waals surface area contributed by atoms with Gasteiger partial charge in [-0.3, -0.25) is 0 Å². The van der Waals surface area contributed by atoms with Crippen molar-refractivity contribution in [1.82, 2.24) is 0 Å². The molecule has 1 aliphatic rings. The molecule has 0 N–H and O–H groups in total. The Hall–Kier alpha value is -1.82. The first-order valence-corrected chi connectivity index (χ1v) is 8.09. The number of hydrogen-bond donors (Lipinski definition) is 0. The number of carbonyl (C=O) groups excluding carboxylic acids is 1. The lowest BCUT2D eigenvalue weighted by atomic mass is 9.97. The second-order valence-electron chi connectivity index (χ2n) is 6.05. The maximum absolute atomic E-state index is 12.0. The van der Waals surface area contributed by atoms with Crippen LogP contribution in [0.15, 0.2) is 27.3 Å². The van der Waals surface area contributed by atoms with Crippen molar-refractivity contribution in [2.45, 2.75) is 27.7 Å². The highest BCUT2D eigenvalue weighted by Crippen LogP contribution is 2.37. The van der Waals surface area contributed by atoms with Crippen molar-refractivity contribution >= 4 is 33.9 Å². The Labute approximate surface area is 144 Å². The predicted octanol–water partition coefficient (Wildman–Crippen LogP) is 4.20. The van der Waals surface area contributed by atoms with Gasteiger partial charge in [-0.15, -0.1) is 0 Å². The summed E-state index contributed by atoms with van der Waals surface area (Å²) in [6.07, 6.45) is 1.67. The summed E-state index contributed by atoms with van der Waals surface area (Å²) in [5, 5.41) is 0. The van der Waals surface area contributed by atoms with Crippen molar-refractivity contribution in [3.8, 4) is 11.5 Å².